The summed E-state index contributed by atoms with van der Waals surface area (Å²) in [6.07, 6.45) is 1.84. The minimum absolute atomic E-state index is 0.0624. The molecule has 0 unspecified atom stereocenters. The molecule has 4 N–H and O–H groups in total. The Morgan fingerprint density at radius 2 is 1.79 bits per heavy atom. The van der Waals surface area contributed by atoms with Gasteiger partial charge in [-0.3, -0.25) is 4.79 Å². The van der Waals surface area contributed by atoms with Gasteiger partial charge in [0.25, 0.3) is 5.91 Å². The summed E-state index contributed by atoms with van der Waals surface area (Å²) in [5.74, 6) is -0.131. The second kappa shape index (κ2) is 11.6. The van der Waals surface area contributed by atoms with Crippen LogP contribution in [0.25, 0.3) is 22.0 Å². The van der Waals surface area contributed by atoms with Crippen LogP contribution in [0.1, 0.15) is 29.8 Å². The Morgan fingerprint density at radius 1 is 1.08 bits per heavy atom. The first kappa shape index (κ1) is 27.7. The van der Waals surface area contributed by atoms with Gasteiger partial charge >= 0.3 is 0 Å². The number of amides is 1. The molecule has 0 saturated carbocycles. The first-order valence-electron chi connectivity index (χ1n) is 12.1. The van der Waals surface area contributed by atoms with Gasteiger partial charge in [-0.25, -0.2) is 13.1 Å². The van der Waals surface area contributed by atoms with Gasteiger partial charge in [0.15, 0.2) is 0 Å². The van der Waals surface area contributed by atoms with Crippen LogP contribution in [0, 0.1) is 0 Å². The van der Waals surface area contributed by atoms with E-state index >= 15 is 0 Å². The summed E-state index contributed by atoms with van der Waals surface area (Å²) in [5, 5.41) is 13.8. The van der Waals surface area contributed by atoms with Gasteiger partial charge in [0, 0.05) is 30.2 Å². The average molecular weight is 556 g/mol. The third-order valence-corrected chi connectivity index (χ3v) is 7.91. The van der Waals surface area contributed by atoms with Gasteiger partial charge in [0.1, 0.15) is 10.6 Å². The van der Waals surface area contributed by atoms with Crippen molar-refractivity contribution in [3.8, 4) is 16.9 Å². The van der Waals surface area contributed by atoms with Gasteiger partial charge in [-0.05, 0) is 67.3 Å². The number of ether oxygens (including phenoxy) is 1. The largest absolute Gasteiger partial charge is 0.490 e. The van der Waals surface area contributed by atoms with Crippen molar-refractivity contribution in [1.29, 1.82) is 0 Å². The van der Waals surface area contributed by atoms with E-state index in [1.54, 1.807) is 30.3 Å². The molecule has 38 heavy (non-hydrogen) atoms. The van der Waals surface area contributed by atoms with Crippen LogP contribution in [0.5, 0.6) is 5.75 Å². The third kappa shape index (κ3) is 6.02. The number of carbonyl (C=O) groups is 1. The molecule has 200 valence electrons. The monoisotopic (exact) mass is 555 g/mol. The van der Waals surface area contributed by atoms with Gasteiger partial charge in [-0.15, -0.1) is 0 Å². The van der Waals surface area contributed by atoms with Crippen LogP contribution in [0.3, 0.4) is 0 Å². The smallest absolute Gasteiger partial charge is 0.252 e. The Labute approximate surface area is 227 Å². The van der Waals surface area contributed by atoms with E-state index in [-0.39, 0.29) is 34.1 Å². The summed E-state index contributed by atoms with van der Waals surface area (Å²) < 4.78 is 35.8. The van der Waals surface area contributed by atoms with Crippen LogP contribution < -0.4 is 14.8 Å². The number of carbonyl (C=O) groups excluding carboxylic acids is 1. The summed E-state index contributed by atoms with van der Waals surface area (Å²) in [6.45, 7) is 3.22. The summed E-state index contributed by atoms with van der Waals surface area (Å²) in [4.78, 5) is 15.1. The Balaban J connectivity index is 1.68. The molecule has 0 aliphatic heterocycles. The number of halogens is 1. The molecule has 1 aromatic heterocycles. The maximum absolute atomic E-state index is 13.6. The molecule has 1 heterocycles. The highest BCUT2D eigenvalue weighted by Gasteiger charge is 2.26. The lowest BCUT2D eigenvalue weighted by molar-refractivity contribution is 0.0963. The molecular weight excluding hydrogens is 526 g/mol. The number of benzene rings is 3. The van der Waals surface area contributed by atoms with Gasteiger partial charge in [-0.2, -0.15) is 0 Å². The van der Waals surface area contributed by atoms with Crippen LogP contribution in [0.15, 0.2) is 71.8 Å². The highest BCUT2D eigenvalue weighted by Crippen LogP contribution is 2.33. The van der Waals surface area contributed by atoms with E-state index in [2.05, 4.69) is 15.0 Å². The van der Waals surface area contributed by atoms with E-state index < -0.39 is 22.7 Å². The third-order valence-electron chi connectivity index (χ3n) is 6.05. The predicted molar refractivity (Wildman–Crippen MR) is 149 cm³/mol. The lowest BCUT2D eigenvalue weighted by atomic mass is 10.0. The van der Waals surface area contributed by atoms with Crippen molar-refractivity contribution in [3.05, 3.63) is 83.0 Å². The number of fused-ring (bicyclic) bond motifs is 1. The van der Waals surface area contributed by atoms with Crippen molar-refractivity contribution in [2.75, 3.05) is 13.7 Å². The molecule has 0 aliphatic carbocycles. The summed E-state index contributed by atoms with van der Waals surface area (Å²) in [5.41, 5.74) is 3.34. The molecule has 0 radical (unpaired) electrons. The van der Waals surface area contributed by atoms with E-state index in [0.717, 1.165) is 16.5 Å². The average Bonchev–Trinajstić information content (AvgIpc) is 3.30. The number of rotatable bonds is 10. The van der Waals surface area contributed by atoms with E-state index in [0.29, 0.717) is 16.7 Å². The van der Waals surface area contributed by atoms with Crippen LogP contribution in [-0.2, 0) is 16.4 Å². The number of aromatic nitrogens is 1. The molecule has 8 nitrogen and oxygen atoms in total. The van der Waals surface area contributed by atoms with Crippen molar-refractivity contribution in [2.45, 2.75) is 37.3 Å². The fraction of sp³-hybridized carbons (Fsp3) is 0.250. The molecule has 4 aromatic rings. The molecule has 10 heteroatoms. The maximum atomic E-state index is 13.6. The standard InChI is InChI=1S/C28H30ClN3O5S/c1-17(2)37-26-11-9-19(18-8-10-23(24(29)13-18)28(34)30-3)14-27(26)38(35,36)32-21(16-33)12-20-15-31-25-7-5-4-6-22(20)25/h4-11,13-15,17,21,31-33H,12,16H2,1-3H3,(H,30,34)/t21-/m1/s1. The van der Waals surface area contributed by atoms with E-state index in [4.69, 9.17) is 16.3 Å². The molecule has 4 rings (SSSR count). The van der Waals surface area contributed by atoms with E-state index in [1.807, 2.05) is 44.3 Å². The van der Waals surface area contributed by atoms with Gasteiger partial charge < -0.3 is 20.1 Å². The van der Waals surface area contributed by atoms with E-state index in [9.17, 15) is 18.3 Å². The highest BCUT2D eigenvalue weighted by atomic mass is 35.5. The molecule has 0 bridgehead atoms. The van der Waals surface area contributed by atoms with Crippen LogP contribution in [-0.4, -0.2) is 50.2 Å². The molecule has 1 amide bonds. The van der Waals surface area contributed by atoms with Crippen molar-refractivity contribution in [2.24, 2.45) is 0 Å². The van der Waals surface area contributed by atoms with Gasteiger partial charge in [-0.1, -0.05) is 41.9 Å². The van der Waals surface area contributed by atoms with Crippen molar-refractivity contribution < 1.29 is 23.1 Å². The minimum atomic E-state index is -4.11. The number of aliphatic hydroxyl groups is 1. The normalized spacial score (nSPS) is 12.6. The van der Waals surface area contributed by atoms with Gasteiger partial charge in [0.2, 0.25) is 10.0 Å². The van der Waals surface area contributed by atoms with E-state index in [1.165, 1.54) is 13.1 Å². The molecule has 0 saturated heterocycles. The van der Waals surface area contributed by atoms with Crippen LogP contribution in [0.4, 0.5) is 0 Å². The number of hydrogen-bond acceptors (Lipinski definition) is 5. The second-order valence-electron chi connectivity index (χ2n) is 9.17. The van der Waals surface area contributed by atoms with Gasteiger partial charge in [0.05, 0.1) is 23.3 Å². The number of aliphatic hydroxyl groups excluding tert-OH is 1. The van der Waals surface area contributed by atoms with Crippen LogP contribution >= 0.6 is 11.6 Å². The zero-order valence-electron chi connectivity index (χ0n) is 21.3. The Hall–Kier alpha value is -3.37. The molecule has 3 aromatic carbocycles. The quantitative estimate of drug-likeness (QED) is 0.229. The first-order valence-corrected chi connectivity index (χ1v) is 14.0. The summed E-state index contributed by atoms with van der Waals surface area (Å²) >= 11 is 6.33. The number of sulfonamides is 1. The summed E-state index contributed by atoms with van der Waals surface area (Å²) in [7, 11) is -2.60. The number of nitrogens with one attached hydrogen (secondary N) is 3. The zero-order chi connectivity index (χ0) is 27.4. The Bertz CT molecular complexity index is 1570. The van der Waals surface area contributed by atoms with Crippen molar-refractivity contribution in [3.63, 3.8) is 0 Å². The number of aromatic amines is 1. The molecule has 0 fully saturated rings. The lowest BCUT2D eigenvalue weighted by Crippen LogP contribution is -2.39. The predicted octanol–water partition coefficient (Wildman–Crippen LogP) is 4.52. The molecule has 0 spiro atoms. The number of hydrogen-bond donors (Lipinski definition) is 4. The Morgan fingerprint density at radius 3 is 2.47 bits per heavy atom. The highest BCUT2D eigenvalue weighted by molar-refractivity contribution is 7.89. The topological polar surface area (TPSA) is 121 Å². The maximum Gasteiger partial charge on any atom is 0.252 e. The second-order valence-corrected chi connectivity index (χ2v) is 11.3. The molecule has 0 aliphatic rings. The fourth-order valence-corrected chi connectivity index (χ4v) is 5.91. The number of H-pyrrole nitrogens is 1. The zero-order valence-corrected chi connectivity index (χ0v) is 22.9. The first-order chi connectivity index (χ1) is 18.1. The lowest BCUT2D eigenvalue weighted by Gasteiger charge is -2.20. The van der Waals surface area contributed by atoms with Crippen molar-refractivity contribution in [1.82, 2.24) is 15.0 Å². The fourth-order valence-electron chi connectivity index (χ4n) is 4.25. The molecular formula is C28H30ClN3O5S. The number of para-hydroxylation sites is 1. The minimum Gasteiger partial charge on any atom is -0.490 e. The SMILES string of the molecule is CNC(=O)c1ccc(-c2ccc(OC(C)C)c(S(=O)(=O)N[C@@H](CO)Cc3c[nH]c4ccccc34)c2)cc1Cl. The van der Waals surface area contributed by atoms with Crippen LogP contribution in [0.2, 0.25) is 5.02 Å². The Kier molecular flexibility index (Phi) is 8.42. The molecule has 1 atom stereocenters. The van der Waals surface area contributed by atoms with Crippen molar-refractivity contribution >= 4 is 38.4 Å². The summed E-state index contributed by atoms with van der Waals surface area (Å²) in [6, 6.07) is 16.7.